The van der Waals surface area contributed by atoms with Crippen molar-refractivity contribution in [3.8, 4) is 11.5 Å². The summed E-state index contributed by atoms with van der Waals surface area (Å²) in [5, 5.41) is 13.5. The summed E-state index contributed by atoms with van der Waals surface area (Å²) in [6, 6.07) is 21.5. The number of methoxy groups -OCH3 is 1. The Labute approximate surface area is 243 Å². The van der Waals surface area contributed by atoms with Crippen molar-refractivity contribution >= 4 is 23.6 Å². The highest BCUT2D eigenvalue weighted by Gasteiger charge is 2.52. The molecule has 1 saturated heterocycles. The van der Waals surface area contributed by atoms with E-state index in [1.54, 1.807) is 42.5 Å². The highest BCUT2D eigenvalue weighted by atomic mass is 16.6. The fraction of sp³-hybridized carbons (Fsp3) is 0.312. The smallest absolute Gasteiger partial charge is 0.356 e. The average Bonchev–Trinajstić information content (AvgIpc) is 3.45. The Hall–Kier alpha value is -4.70. The molecule has 10 heteroatoms. The van der Waals surface area contributed by atoms with E-state index in [2.05, 4.69) is 5.32 Å². The van der Waals surface area contributed by atoms with Gasteiger partial charge in [0.05, 0.1) is 19.6 Å². The van der Waals surface area contributed by atoms with Gasteiger partial charge < -0.3 is 24.6 Å². The number of β-lactam (4-membered cyclic amide) rings is 1. The molecular weight excluding hydrogens is 540 g/mol. The standard InChI is InChI=1S/C32H32N2O8/c1-40-23-13-11-21(12-14-23)19-41-32(39)31(38)34-24(15-16-25(35)27-18-22-9-5-6-10-26(22)42-27)29(30(34)37)33-28(36)17-20-7-3-2-4-8-20/h2-14,24,27,29,31,38H,15-19H2,1H3,(H,33,36)/t24-,27?,29+,31?/m1/s1. The van der Waals surface area contributed by atoms with Gasteiger partial charge in [-0.1, -0.05) is 60.7 Å². The quantitative estimate of drug-likeness (QED) is 0.250. The first-order valence-electron chi connectivity index (χ1n) is 13.7. The number of fused-ring (bicyclic) bond motifs is 1. The number of hydrogen-bond donors (Lipinski definition) is 2. The van der Waals surface area contributed by atoms with E-state index in [0.717, 1.165) is 16.0 Å². The van der Waals surface area contributed by atoms with Gasteiger partial charge >= 0.3 is 5.97 Å². The van der Waals surface area contributed by atoms with E-state index >= 15 is 0 Å². The topological polar surface area (TPSA) is 131 Å². The van der Waals surface area contributed by atoms with Crippen LogP contribution in [0.1, 0.15) is 29.5 Å². The molecule has 2 amide bonds. The molecule has 0 saturated carbocycles. The van der Waals surface area contributed by atoms with Crippen molar-refractivity contribution in [1.82, 2.24) is 10.2 Å². The van der Waals surface area contributed by atoms with Crippen LogP contribution in [0.3, 0.4) is 0 Å². The third-order valence-electron chi connectivity index (χ3n) is 7.49. The number of hydrogen-bond acceptors (Lipinski definition) is 8. The molecule has 42 heavy (non-hydrogen) atoms. The molecule has 2 unspecified atom stereocenters. The van der Waals surface area contributed by atoms with Gasteiger partial charge in [0.15, 0.2) is 11.9 Å². The summed E-state index contributed by atoms with van der Waals surface area (Å²) in [6.45, 7) is -0.123. The fourth-order valence-corrected chi connectivity index (χ4v) is 5.22. The number of nitrogens with zero attached hydrogens (tertiary/aromatic N) is 1. The van der Waals surface area contributed by atoms with Gasteiger partial charge in [-0.05, 0) is 41.3 Å². The van der Waals surface area contributed by atoms with Gasteiger partial charge in [0, 0.05) is 12.8 Å². The van der Waals surface area contributed by atoms with Crippen LogP contribution >= 0.6 is 0 Å². The van der Waals surface area contributed by atoms with Crippen LogP contribution in [0.15, 0.2) is 78.9 Å². The lowest BCUT2D eigenvalue weighted by atomic mass is 9.88. The van der Waals surface area contributed by atoms with Gasteiger partial charge in [0.2, 0.25) is 18.0 Å². The number of aliphatic hydroxyl groups excluding tert-OH is 1. The van der Waals surface area contributed by atoms with Gasteiger partial charge in [-0.25, -0.2) is 4.79 Å². The molecule has 0 aromatic heterocycles. The molecule has 3 aromatic rings. The minimum Gasteiger partial charge on any atom is -0.497 e. The zero-order chi connectivity index (χ0) is 29.6. The van der Waals surface area contributed by atoms with E-state index in [4.69, 9.17) is 14.2 Å². The molecule has 2 aliphatic rings. The minimum absolute atomic E-state index is 0.0196. The molecule has 2 N–H and O–H groups in total. The third-order valence-corrected chi connectivity index (χ3v) is 7.49. The van der Waals surface area contributed by atoms with Crippen molar-refractivity contribution in [2.45, 2.75) is 56.7 Å². The monoisotopic (exact) mass is 572 g/mol. The predicted octanol–water partition coefficient (Wildman–Crippen LogP) is 2.35. The van der Waals surface area contributed by atoms with Gasteiger partial charge in [0.1, 0.15) is 24.1 Å². The lowest BCUT2D eigenvalue weighted by molar-refractivity contribution is -0.189. The molecule has 2 aliphatic heterocycles. The second kappa shape index (κ2) is 12.9. The Balaban J connectivity index is 1.23. The van der Waals surface area contributed by atoms with E-state index < -0.39 is 36.3 Å². The molecule has 5 rings (SSSR count). The van der Waals surface area contributed by atoms with Crippen molar-refractivity contribution < 1.29 is 38.5 Å². The lowest BCUT2D eigenvalue weighted by Crippen LogP contribution is -2.74. The minimum atomic E-state index is -1.90. The largest absolute Gasteiger partial charge is 0.497 e. The van der Waals surface area contributed by atoms with E-state index in [9.17, 15) is 24.3 Å². The summed E-state index contributed by atoms with van der Waals surface area (Å²) in [6.07, 6.45) is -1.93. The van der Waals surface area contributed by atoms with Crippen LogP contribution in [-0.2, 0) is 43.4 Å². The van der Waals surface area contributed by atoms with Crippen LogP contribution in [0.4, 0.5) is 0 Å². The van der Waals surface area contributed by atoms with E-state index in [1.165, 1.54) is 7.11 Å². The number of rotatable bonds is 12. The molecule has 4 atom stereocenters. The summed E-state index contributed by atoms with van der Waals surface area (Å²) in [5.41, 5.74) is 2.37. The van der Waals surface area contributed by atoms with Crippen molar-refractivity contribution in [3.05, 3.63) is 95.6 Å². The highest BCUT2D eigenvalue weighted by Crippen LogP contribution is 2.31. The zero-order valence-corrected chi connectivity index (χ0v) is 23.1. The molecular formula is C32H32N2O8. The van der Waals surface area contributed by atoms with E-state index in [1.807, 2.05) is 36.4 Å². The number of benzene rings is 3. The van der Waals surface area contributed by atoms with E-state index in [-0.39, 0.29) is 37.6 Å². The first-order valence-corrected chi connectivity index (χ1v) is 13.7. The normalized spacial score (nSPS) is 19.6. The number of amides is 2. The summed E-state index contributed by atoms with van der Waals surface area (Å²) in [4.78, 5) is 52.6. The second-order valence-electron chi connectivity index (χ2n) is 10.3. The molecule has 1 fully saturated rings. The SMILES string of the molecule is COc1ccc(COC(=O)C(O)N2C(=O)[C@@H](NC(=O)Cc3ccccc3)[C@H]2CCC(=O)C2Cc3ccccc3O2)cc1. The number of para-hydroxylation sites is 1. The van der Waals surface area contributed by atoms with Crippen molar-refractivity contribution in [3.63, 3.8) is 0 Å². The molecule has 3 aromatic carbocycles. The fourth-order valence-electron chi connectivity index (χ4n) is 5.22. The van der Waals surface area contributed by atoms with Crippen LogP contribution in [0.2, 0.25) is 0 Å². The van der Waals surface area contributed by atoms with Crippen LogP contribution in [-0.4, -0.2) is 65.1 Å². The molecule has 10 nitrogen and oxygen atoms in total. The predicted molar refractivity (Wildman–Crippen MR) is 150 cm³/mol. The molecule has 0 spiro atoms. The lowest BCUT2D eigenvalue weighted by Gasteiger charge is -2.48. The number of ketones is 1. The summed E-state index contributed by atoms with van der Waals surface area (Å²) < 4.78 is 16.2. The Kier molecular flexibility index (Phi) is 8.83. The second-order valence-corrected chi connectivity index (χ2v) is 10.3. The highest BCUT2D eigenvalue weighted by molar-refractivity contribution is 5.96. The first-order chi connectivity index (χ1) is 20.3. The Bertz CT molecular complexity index is 1420. The number of aliphatic hydroxyl groups is 1. The third kappa shape index (κ3) is 6.44. The number of carbonyl (C=O) groups excluding carboxylic acids is 4. The molecule has 2 heterocycles. The van der Waals surface area contributed by atoms with Gasteiger partial charge in [-0.15, -0.1) is 0 Å². The number of esters is 1. The summed E-state index contributed by atoms with van der Waals surface area (Å²) >= 11 is 0. The maximum Gasteiger partial charge on any atom is 0.356 e. The van der Waals surface area contributed by atoms with Crippen molar-refractivity contribution in [2.75, 3.05) is 7.11 Å². The Morgan fingerprint density at radius 1 is 1.00 bits per heavy atom. The summed E-state index contributed by atoms with van der Waals surface area (Å²) in [5.74, 6) is -0.900. The maximum atomic E-state index is 13.1. The number of ether oxygens (including phenoxy) is 3. The van der Waals surface area contributed by atoms with Crippen molar-refractivity contribution in [2.24, 2.45) is 0 Å². The molecule has 0 aliphatic carbocycles. The number of likely N-dealkylation sites (tertiary alicyclic amines) is 1. The maximum absolute atomic E-state index is 13.1. The summed E-state index contributed by atoms with van der Waals surface area (Å²) in [7, 11) is 1.54. The van der Waals surface area contributed by atoms with Gasteiger partial charge in [0.25, 0.3) is 0 Å². The van der Waals surface area contributed by atoms with Gasteiger partial charge in [-0.3, -0.25) is 19.3 Å². The van der Waals surface area contributed by atoms with Crippen LogP contribution < -0.4 is 14.8 Å². The van der Waals surface area contributed by atoms with Gasteiger partial charge in [-0.2, -0.15) is 0 Å². The van der Waals surface area contributed by atoms with Crippen molar-refractivity contribution in [1.29, 1.82) is 0 Å². The van der Waals surface area contributed by atoms with E-state index in [0.29, 0.717) is 23.5 Å². The number of carbonyl (C=O) groups is 4. The van der Waals surface area contributed by atoms with Crippen LogP contribution in [0, 0.1) is 0 Å². The Morgan fingerprint density at radius 2 is 1.71 bits per heavy atom. The van der Waals surface area contributed by atoms with Crippen LogP contribution in [0.5, 0.6) is 11.5 Å². The molecule has 218 valence electrons. The van der Waals surface area contributed by atoms with Crippen LogP contribution in [0.25, 0.3) is 0 Å². The number of nitrogens with one attached hydrogen (secondary N) is 1. The Morgan fingerprint density at radius 3 is 2.43 bits per heavy atom. The number of Topliss-reactive ketones (excluding diaryl/α,β-unsaturated/α-hetero) is 1. The zero-order valence-electron chi connectivity index (χ0n) is 23.1. The molecule has 0 radical (unpaired) electrons. The molecule has 0 bridgehead atoms. The first kappa shape index (κ1) is 28.8. The average molecular weight is 573 g/mol.